The van der Waals surface area contributed by atoms with Crippen molar-refractivity contribution in [3.8, 4) is 22.5 Å². The van der Waals surface area contributed by atoms with Crippen molar-refractivity contribution < 1.29 is 0 Å². The lowest BCUT2D eigenvalue weighted by Crippen LogP contribution is -2.03. The lowest BCUT2D eigenvalue weighted by Gasteiger charge is -2.13. The van der Waals surface area contributed by atoms with Gasteiger partial charge < -0.3 is 10.6 Å². The molecule has 6 nitrogen and oxygen atoms in total. The molecule has 3 aromatic carbocycles. The Morgan fingerprint density at radius 2 is 1.21 bits per heavy atom. The van der Waals surface area contributed by atoms with E-state index >= 15 is 0 Å². The molecule has 0 bridgehead atoms. The molecule has 164 valence electrons. The van der Waals surface area contributed by atoms with Gasteiger partial charge in [-0.15, -0.1) is 10.2 Å². The topological polar surface area (TPSA) is 75.6 Å². The second kappa shape index (κ2) is 9.89. The highest BCUT2D eigenvalue weighted by Crippen LogP contribution is 2.23. The van der Waals surface area contributed by atoms with Crippen molar-refractivity contribution in [2.45, 2.75) is 20.0 Å². The number of benzene rings is 3. The number of nitrogens with zero attached hydrogens (tertiary/aromatic N) is 4. The van der Waals surface area contributed by atoms with Crippen LogP contribution >= 0.6 is 23.1 Å². The predicted molar refractivity (Wildman–Crippen MR) is 137 cm³/mol. The van der Waals surface area contributed by atoms with Crippen LogP contribution in [0.5, 0.6) is 0 Å². The van der Waals surface area contributed by atoms with Gasteiger partial charge in [0.2, 0.25) is 0 Å². The average molecular weight is 471 g/mol. The molecular weight excluding hydrogens is 448 g/mol. The lowest BCUT2D eigenvalue weighted by molar-refractivity contribution is 1.12. The normalized spacial score (nSPS) is 10.8. The third kappa shape index (κ3) is 5.24. The molecule has 33 heavy (non-hydrogen) atoms. The summed E-state index contributed by atoms with van der Waals surface area (Å²) in [6.07, 6.45) is 0. The molecule has 0 atom stereocenters. The molecule has 0 aliphatic rings. The van der Waals surface area contributed by atoms with Gasteiger partial charge in [-0.1, -0.05) is 57.5 Å². The first-order valence-corrected chi connectivity index (χ1v) is 12.2. The predicted octanol–water partition coefficient (Wildman–Crippen LogP) is 6.26. The number of aryl methyl sites for hydroxylation is 1. The minimum Gasteiger partial charge on any atom is -0.381 e. The van der Waals surface area contributed by atoms with E-state index in [0.717, 1.165) is 47.0 Å². The Kier molecular flexibility index (Phi) is 6.37. The van der Waals surface area contributed by atoms with Crippen LogP contribution in [0.3, 0.4) is 0 Å². The first kappa shape index (κ1) is 21.2. The Hall–Kier alpha value is -3.62. The summed E-state index contributed by atoms with van der Waals surface area (Å²) in [5.74, 6) is 0. The van der Waals surface area contributed by atoms with Crippen molar-refractivity contribution >= 4 is 34.4 Å². The first-order chi connectivity index (χ1) is 16.2. The monoisotopic (exact) mass is 470 g/mol. The van der Waals surface area contributed by atoms with E-state index in [1.807, 2.05) is 10.8 Å². The summed E-state index contributed by atoms with van der Waals surface area (Å²) in [6, 6.07) is 23.3. The van der Waals surface area contributed by atoms with Gasteiger partial charge in [-0.2, -0.15) is 0 Å². The molecule has 0 saturated heterocycles. The maximum Gasteiger partial charge on any atom is 0.105 e. The van der Waals surface area contributed by atoms with E-state index in [1.54, 1.807) is 0 Å². The molecule has 0 saturated carbocycles. The van der Waals surface area contributed by atoms with E-state index in [9.17, 15) is 0 Å². The van der Waals surface area contributed by atoms with E-state index in [2.05, 4.69) is 103 Å². The zero-order chi connectivity index (χ0) is 22.5. The molecule has 2 aromatic heterocycles. The fourth-order valence-corrected chi connectivity index (χ4v) is 4.47. The SMILES string of the molecule is Cc1cc(NCc2ccc(-c3csnn3)cc2)ccc1NCc1ccc(-c2csnn2)cc1. The van der Waals surface area contributed by atoms with Gasteiger partial charge in [0.05, 0.1) is 0 Å². The van der Waals surface area contributed by atoms with E-state index in [1.165, 1.54) is 39.8 Å². The zero-order valence-electron chi connectivity index (χ0n) is 18.0. The fraction of sp³-hybridized carbons (Fsp3) is 0.120. The largest absolute Gasteiger partial charge is 0.381 e. The molecular formula is C25H22N6S2. The van der Waals surface area contributed by atoms with Gasteiger partial charge in [0, 0.05) is 46.4 Å². The van der Waals surface area contributed by atoms with Crippen LogP contribution in [-0.4, -0.2) is 19.2 Å². The molecule has 5 aromatic rings. The Morgan fingerprint density at radius 1 is 0.667 bits per heavy atom. The second-order valence-corrected chi connectivity index (χ2v) is 8.93. The van der Waals surface area contributed by atoms with E-state index in [4.69, 9.17) is 0 Å². The van der Waals surface area contributed by atoms with Crippen LogP contribution < -0.4 is 10.6 Å². The number of anilines is 2. The summed E-state index contributed by atoms with van der Waals surface area (Å²) < 4.78 is 7.85. The Labute approximate surface area is 200 Å². The maximum absolute atomic E-state index is 4.12. The van der Waals surface area contributed by atoms with E-state index < -0.39 is 0 Å². The smallest absolute Gasteiger partial charge is 0.105 e. The lowest BCUT2D eigenvalue weighted by atomic mass is 10.1. The van der Waals surface area contributed by atoms with Gasteiger partial charge in [-0.05, 0) is 64.9 Å². The molecule has 8 heteroatoms. The minimum atomic E-state index is 0.767. The third-order valence-corrected chi connectivity index (χ3v) is 6.43. The number of aromatic nitrogens is 4. The maximum atomic E-state index is 4.12. The van der Waals surface area contributed by atoms with Gasteiger partial charge in [0.15, 0.2) is 0 Å². The van der Waals surface area contributed by atoms with Crippen LogP contribution in [-0.2, 0) is 13.1 Å². The standard InChI is InChI=1S/C25H22N6S2/c1-17-12-22(26-13-18-2-6-20(7-3-18)24-15-32-30-28-24)10-11-23(17)27-14-19-4-8-21(9-5-19)25-16-33-31-29-25/h2-12,15-16,26-27H,13-14H2,1H3. The number of nitrogens with one attached hydrogen (secondary N) is 2. The van der Waals surface area contributed by atoms with Crippen molar-refractivity contribution in [2.24, 2.45) is 0 Å². The van der Waals surface area contributed by atoms with Crippen LogP contribution in [0, 0.1) is 6.92 Å². The Bertz CT molecular complexity index is 1300. The van der Waals surface area contributed by atoms with Crippen LogP contribution in [0.4, 0.5) is 11.4 Å². The summed E-state index contributed by atoms with van der Waals surface area (Å²) in [7, 11) is 0. The molecule has 0 amide bonds. The average Bonchev–Trinajstić information content (AvgIpc) is 3.58. The molecule has 2 N–H and O–H groups in total. The quantitative estimate of drug-likeness (QED) is 0.279. The summed E-state index contributed by atoms with van der Waals surface area (Å²) in [4.78, 5) is 0. The molecule has 0 spiro atoms. The van der Waals surface area contributed by atoms with Gasteiger partial charge in [-0.3, -0.25) is 0 Å². The zero-order valence-corrected chi connectivity index (χ0v) is 19.7. The molecule has 0 aliphatic heterocycles. The van der Waals surface area contributed by atoms with Crippen molar-refractivity contribution in [1.82, 2.24) is 19.2 Å². The molecule has 0 unspecified atom stereocenters. The molecule has 2 heterocycles. The van der Waals surface area contributed by atoms with Crippen LogP contribution in [0.2, 0.25) is 0 Å². The number of rotatable bonds is 8. The Morgan fingerprint density at radius 3 is 1.70 bits per heavy atom. The molecule has 0 radical (unpaired) electrons. The highest BCUT2D eigenvalue weighted by atomic mass is 32.1. The van der Waals surface area contributed by atoms with E-state index in [-0.39, 0.29) is 0 Å². The van der Waals surface area contributed by atoms with Gasteiger partial charge in [0.25, 0.3) is 0 Å². The van der Waals surface area contributed by atoms with Crippen LogP contribution in [0.25, 0.3) is 22.5 Å². The summed E-state index contributed by atoms with van der Waals surface area (Å²) in [5, 5.41) is 19.2. The van der Waals surface area contributed by atoms with Crippen molar-refractivity contribution in [3.63, 3.8) is 0 Å². The molecule has 0 fully saturated rings. The third-order valence-electron chi connectivity index (χ3n) is 5.43. The van der Waals surface area contributed by atoms with Crippen LogP contribution in [0.15, 0.2) is 77.5 Å². The van der Waals surface area contributed by atoms with Crippen molar-refractivity contribution in [3.05, 3.63) is 94.2 Å². The van der Waals surface area contributed by atoms with Crippen molar-refractivity contribution in [1.29, 1.82) is 0 Å². The first-order valence-electron chi connectivity index (χ1n) is 10.6. The highest BCUT2D eigenvalue weighted by molar-refractivity contribution is 7.03. The van der Waals surface area contributed by atoms with Gasteiger partial charge in [0.1, 0.15) is 11.4 Å². The Balaban J connectivity index is 1.15. The highest BCUT2D eigenvalue weighted by Gasteiger charge is 2.04. The number of hydrogen-bond donors (Lipinski definition) is 2. The minimum absolute atomic E-state index is 0.767. The fourth-order valence-electron chi connectivity index (χ4n) is 3.54. The molecule has 0 aliphatic carbocycles. The second-order valence-electron chi connectivity index (χ2n) is 7.71. The van der Waals surface area contributed by atoms with Crippen molar-refractivity contribution in [2.75, 3.05) is 10.6 Å². The van der Waals surface area contributed by atoms with Crippen LogP contribution in [0.1, 0.15) is 16.7 Å². The summed E-state index contributed by atoms with van der Waals surface area (Å²) in [6.45, 7) is 3.66. The van der Waals surface area contributed by atoms with Gasteiger partial charge >= 0.3 is 0 Å². The summed E-state index contributed by atoms with van der Waals surface area (Å²) >= 11 is 2.74. The van der Waals surface area contributed by atoms with Gasteiger partial charge in [-0.25, -0.2) is 0 Å². The van der Waals surface area contributed by atoms with E-state index in [0.29, 0.717) is 0 Å². The number of hydrogen-bond acceptors (Lipinski definition) is 8. The molecule has 5 rings (SSSR count). The summed E-state index contributed by atoms with van der Waals surface area (Å²) in [5.41, 5.74) is 9.91.